The van der Waals surface area contributed by atoms with Gasteiger partial charge in [0, 0.05) is 54.4 Å². The van der Waals surface area contributed by atoms with Gasteiger partial charge in [-0.3, -0.25) is 0 Å². The predicted molar refractivity (Wildman–Crippen MR) is 360 cm³/mol. The third-order valence-corrected chi connectivity index (χ3v) is 16.7. The van der Waals surface area contributed by atoms with Crippen LogP contribution in [0.15, 0.2) is 212 Å². The zero-order chi connectivity index (χ0) is 66.4. The van der Waals surface area contributed by atoms with Crippen LogP contribution >= 0.6 is 0 Å². The highest BCUT2D eigenvalue weighted by atomic mass is 16.5. The predicted octanol–water partition coefficient (Wildman–Crippen LogP) is 14.9. The summed E-state index contributed by atoms with van der Waals surface area (Å²) in [4.78, 5) is 0. The van der Waals surface area contributed by atoms with E-state index in [-0.39, 0.29) is 142 Å². The second-order valence-corrected chi connectivity index (χ2v) is 23.9. The Kier molecular flexibility index (Phi) is 21.2. The minimum absolute atomic E-state index is 0.00418. The van der Waals surface area contributed by atoms with Crippen LogP contribution in [0.4, 0.5) is 0 Å². The Morgan fingerprint density at radius 2 is 0.463 bits per heavy atom. The average Bonchev–Trinajstić information content (AvgIpc) is 0.864. The lowest BCUT2D eigenvalue weighted by molar-refractivity contribution is 0.101. The molecule has 0 aromatic heterocycles. The largest absolute Gasteiger partial charge is 0.508 e. The third kappa shape index (κ3) is 17.4. The molecule has 95 heavy (non-hydrogen) atoms. The quantitative estimate of drug-likeness (QED) is 0.0218. The molecule has 0 fully saturated rings. The number of hydrogen-bond acceptors (Lipinski definition) is 15. The molecule has 0 amide bonds. The molecule has 0 saturated carbocycles. The fourth-order valence-corrected chi connectivity index (χ4v) is 11.7. The van der Waals surface area contributed by atoms with Gasteiger partial charge in [-0.05, 0) is 199 Å². The van der Waals surface area contributed by atoms with E-state index in [1.165, 1.54) is 0 Å². The van der Waals surface area contributed by atoms with Crippen molar-refractivity contribution in [3.8, 4) is 63.2 Å². The van der Waals surface area contributed by atoms with Crippen LogP contribution in [0.2, 0.25) is 0 Å². The molecule has 0 aliphatic heterocycles. The monoisotopic (exact) mass is 1270 g/mol. The summed E-state index contributed by atoms with van der Waals surface area (Å²) in [5.74, 6) is 0.671. The van der Waals surface area contributed by atoms with E-state index in [4.69, 9.17) is 18.9 Å². The van der Waals surface area contributed by atoms with E-state index in [2.05, 4.69) is 0 Å². The van der Waals surface area contributed by atoms with Crippen molar-refractivity contribution in [2.75, 3.05) is 0 Å². The van der Waals surface area contributed by atoms with E-state index in [1.54, 1.807) is 133 Å². The minimum Gasteiger partial charge on any atom is -0.508 e. The molecule has 0 saturated heterocycles. The van der Waals surface area contributed by atoms with Gasteiger partial charge in [0.1, 0.15) is 63.2 Å². The van der Waals surface area contributed by atoms with Crippen molar-refractivity contribution in [2.24, 2.45) is 0 Å². The number of para-hydroxylation sites is 3. The molecule has 11 rings (SSSR count). The summed E-state index contributed by atoms with van der Waals surface area (Å²) in [5, 5.41) is 121. The second kappa shape index (κ2) is 30.7. The van der Waals surface area contributed by atoms with Gasteiger partial charge in [0.25, 0.3) is 0 Å². The summed E-state index contributed by atoms with van der Waals surface area (Å²) in [6, 6.07) is 61.0. The van der Waals surface area contributed by atoms with E-state index in [9.17, 15) is 56.2 Å². The first-order valence-electron chi connectivity index (χ1n) is 31.1. The van der Waals surface area contributed by atoms with Crippen LogP contribution in [-0.4, -0.2) is 56.2 Å². The van der Waals surface area contributed by atoms with Crippen molar-refractivity contribution in [3.63, 3.8) is 0 Å². The average molecular weight is 1280 g/mol. The van der Waals surface area contributed by atoms with Crippen molar-refractivity contribution >= 4 is 0 Å². The Hall–Kier alpha value is -10.9. The number of phenolic OH excluding ortho intramolecular Hbond substituents is 11. The molecule has 15 nitrogen and oxygen atoms in total. The van der Waals surface area contributed by atoms with Crippen molar-refractivity contribution in [2.45, 2.75) is 91.4 Å². The van der Waals surface area contributed by atoms with E-state index >= 15 is 0 Å². The summed E-state index contributed by atoms with van der Waals surface area (Å²) in [7, 11) is 0. The molecule has 0 radical (unpaired) electrons. The SMILES string of the molecule is Oc1ccc(COCc2cc(Cc3cccc(Cc4cc(COCc5cc(Cc6cc(COCc7cc(Cc8ccc(O)cc8)ccc7O)cc(COCc7ccc(O)cc7)c6O)cc(Cc6ccccc6O)c5O)cc(Cc5ccccc5O)c4O)c3O)ccc2O)cc1. The second-order valence-electron chi connectivity index (χ2n) is 23.9. The van der Waals surface area contributed by atoms with Crippen molar-refractivity contribution in [3.05, 3.63) is 324 Å². The van der Waals surface area contributed by atoms with Gasteiger partial charge in [-0.2, -0.15) is 0 Å². The van der Waals surface area contributed by atoms with Crippen LogP contribution in [0.5, 0.6) is 63.2 Å². The topological polar surface area (TPSA) is 259 Å². The number of rotatable bonds is 28. The molecule has 11 N–H and O–H groups in total. The lowest BCUT2D eigenvalue weighted by Crippen LogP contribution is -2.04. The van der Waals surface area contributed by atoms with E-state index < -0.39 is 0 Å². The molecular weight excluding hydrogens is 1200 g/mol. The number of benzene rings is 11. The summed E-state index contributed by atoms with van der Waals surface area (Å²) in [6.07, 6.45) is 1.50. The zero-order valence-corrected chi connectivity index (χ0v) is 52.2. The van der Waals surface area contributed by atoms with Crippen LogP contribution in [0, 0.1) is 0 Å². The van der Waals surface area contributed by atoms with Gasteiger partial charge in [-0.15, -0.1) is 0 Å². The summed E-state index contributed by atoms with van der Waals surface area (Å²) >= 11 is 0. The van der Waals surface area contributed by atoms with E-state index in [1.807, 2.05) is 78.9 Å². The molecule has 0 aliphatic carbocycles. The van der Waals surface area contributed by atoms with Gasteiger partial charge in [0.2, 0.25) is 0 Å². The smallest absolute Gasteiger partial charge is 0.124 e. The molecule has 484 valence electrons. The number of ether oxygens (including phenoxy) is 4. The number of aromatic hydroxyl groups is 11. The Morgan fingerprint density at radius 3 is 0.926 bits per heavy atom. The van der Waals surface area contributed by atoms with Gasteiger partial charge in [-0.1, -0.05) is 109 Å². The Balaban J connectivity index is 0.850. The van der Waals surface area contributed by atoms with Gasteiger partial charge in [0.15, 0.2) is 0 Å². The molecule has 0 bridgehead atoms. The van der Waals surface area contributed by atoms with Crippen LogP contribution in [0.1, 0.15) is 111 Å². The lowest BCUT2D eigenvalue weighted by atomic mass is 9.93. The molecular formula is C80H74O15. The normalized spacial score (nSPS) is 11.3. The van der Waals surface area contributed by atoms with Gasteiger partial charge < -0.3 is 75.1 Å². The molecule has 11 aromatic rings. The lowest BCUT2D eigenvalue weighted by Gasteiger charge is -2.18. The highest BCUT2D eigenvalue weighted by Crippen LogP contribution is 2.38. The maximum absolute atomic E-state index is 12.1. The Bertz CT molecular complexity index is 4450. The molecule has 0 heterocycles. The van der Waals surface area contributed by atoms with Crippen LogP contribution < -0.4 is 0 Å². The molecule has 15 heteroatoms. The fourth-order valence-electron chi connectivity index (χ4n) is 11.7. The summed E-state index contributed by atoms with van der Waals surface area (Å²) in [5.41, 5.74) is 12.9. The summed E-state index contributed by atoms with van der Waals surface area (Å²) < 4.78 is 24.8. The molecule has 11 aromatic carbocycles. The zero-order valence-electron chi connectivity index (χ0n) is 52.2. The summed E-state index contributed by atoms with van der Waals surface area (Å²) in [6.45, 7) is 0.691. The van der Waals surface area contributed by atoms with Gasteiger partial charge in [-0.25, -0.2) is 0 Å². The first kappa shape index (κ1) is 65.5. The van der Waals surface area contributed by atoms with Crippen LogP contribution in [0.3, 0.4) is 0 Å². The minimum atomic E-state index is -0.0932. The standard InChI is InChI=1S/C80H74O15/c81-70-20-12-50(13-21-70)28-53-18-26-75(86)66(30-53)47-94-45-57-35-62(79(90)69(38-57)49-93-43-52-16-24-72(83)25-17-52)32-55-33-63(39-58-6-1-3-10-73(58)84)80(91)68(34-55)48-95-44-56-36-64(40-59-7-2-4-11-74(59)85)78(89)65(37-56)41-61-9-5-8-60(77(61)88)29-54-19-27-76(87)67(31-54)46-92-42-51-14-22-71(82)23-15-51/h1-27,30-31,33-38,81-91H,28-29,32,39-49H2. The Labute approximate surface area is 550 Å². The fraction of sp³-hybridized carbons (Fsp3) is 0.175. The highest BCUT2D eigenvalue weighted by molar-refractivity contribution is 5.55. The molecule has 0 atom stereocenters. The van der Waals surface area contributed by atoms with Crippen molar-refractivity contribution in [1.29, 1.82) is 0 Å². The first-order valence-corrected chi connectivity index (χ1v) is 31.1. The Morgan fingerprint density at radius 1 is 0.179 bits per heavy atom. The third-order valence-electron chi connectivity index (χ3n) is 16.7. The van der Waals surface area contributed by atoms with Gasteiger partial charge in [0.05, 0.1) is 52.9 Å². The first-order chi connectivity index (χ1) is 46.0. The maximum atomic E-state index is 12.1. The van der Waals surface area contributed by atoms with Crippen molar-refractivity contribution < 1.29 is 75.1 Å². The molecule has 0 unspecified atom stereocenters. The highest BCUT2D eigenvalue weighted by Gasteiger charge is 2.21. The van der Waals surface area contributed by atoms with Crippen molar-refractivity contribution in [1.82, 2.24) is 0 Å². The maximum Gasteiger partial charge on any atom is 0.124 e. The van der Waals surface area contributed by atoms with Crippen LogP contribution in [-0.2, 0) is 110 Å². The van der Waals surface area contributed by atoms with E-state index in [0.29, 0.717) is 96.3 Å². The molecule has 0 aliphatic rings. The van der Waals surface area contributed by atoms with E-state index in [0.717, 1.165) is 27.8 Å². The molecule has 0 spiro atoms. The van der Waals surface area contributed by atoms with Crippen LogP contribution in [0.25, 0.3) is 0 Å². The number of phenols is 11. The number of hydrogen-bond donors (Lipinski definition) is 11. The van der Waals surface area contributed by atoms with Gasteiger partial charge >= 0.3 is 0 Å².